The van der Waals surface area contributed by atoms with Crippen molar-refractivity contribution in [2.45, 2.75) is 6.54 Å². The summed E-state index contributed by atoms with van der Waals surface area (Å²) in [5.41, 5.74) is 0.478. The lowest BCUT2D eigenvalue weighted by molar-refractivity contribution is 0.475. The monoisotopic (exact) mass is 215 g/mol. The Hall–Kier alpha value is -2.30. The van der Waals surface area contributed by atoms with Gasteiger partial charge >= 0.3 is 5.69 Å². The molecule has 3 rings (SSSR count). The number of fused-ring (bicyclic) bond motifs is 1. The largest absolute Gasteiger partial charge is 0.467 e. The van der Waals surface area contributed by atoms with E-state index in [1.807, 2.05) is 12.1 Å². The van der Waals surface area contributed by atoms with E-state index < -0.39 is 0 Å². The van der Waals surface area contributed by atoms with Gasteiger partial charge in [0, 0.05) is 6.20 Å². The van der Waals surface area contributed by atoms with E-state index in [4.69, 9.17) is 4.42 Å². The molecular weight excluding hydrogens is 206 g/mol. The SMILES string of the molecule is O=c1n(Cc2ccco2)nc2ccccn12. The van der Waals surface area contributed by atoms with Crippen molar-refractivity contribution in [3.8, 4) is 0 Å². The lowest BCUT2D eigenvalue weighted by Crippen LogP contribution is -2.21. The minimum absolute atomic E-state index is 0.160. The Bertz CT molecular complexity index is 664. The third-order valence-corrected chi connectivity index (χ3v) is 2.37. The summed E-state index contributed by atoms with van der Waals surface area (Å²) >= 11 is 0. The molecule has 3 heterocycles. The van der Waals surface area contributed by atoms with Gasteiger partial charge < -0.3 is 4.42 Å². The summed E-state index contributed by atoms with van der Waals surface area (Å²) in [4.78, 5) is 11.9. The van der Waals surface area contributed by atoms with Gasteiger partial charge in [0.25, 0.3) is 0 Å². The highest BCUT2D eigenvalue weighted by atomic mass is 16.3. The van der Waals surface area contributed by atoms with Crippen LogP contribution in [-0.4, -0.2) is 14.2 Å². The van der Waals surface area contributed by atoms with Gasteiger partial charge in [0.15, 0.2) is 5.65 Å². The standard InChI is InChI=1S/C11H9N3O2/c15-11-13-6-2-1-5-10(13)12-14(11)8-9-4-3-7-16-9/h1-7H,8H2. The molecule has 0 unspecified atom stereocenters. The second-order valence-electron chi connectivity index (χ2n) is 3.45. The number of hydrogen-bond acceptors (Lipinski definition) is 3. The zero-order chi connectivity index (χ0) is 11.0. The highest BCUT2D eigenvalue weighted by Gasteiger charge is 2.07. The maximum Gasteiger partial charge on any atom is 0.350 e. The van der Waals surface area contributed by atoms with Crippen LogP contribution in [0.25, 0.3) is 5.65 Å². The number of furan rings is 1. The molecule has 3 aromatic rings. The number of rotatable bonds is 2. The first-order chi connectivity index (χ1) is 7.84. The third-order valence-electron chi connectivity index (χ3n) is 2.37. The van der Waals surface area contributed by atoms with Crippen LogP contribution in [0.4, 0.5) is 0 Å². The normalized spacial score (nSPS) is 11.0. The van der Waals surface area contributed by atoms with E-state index in [1.54, 1.807) is 30.7 Å². The lowest BCUT2D eigenvalue weighted by Gasteiger charge is -1.93. The van der Waals surface area contributed by atoms with Crippen LogP contribution in [0.3, 0.4) is 0 Å². The van der Waals surface area contributed by atoms with Crippen LogP contribution in [0.5, 0.6) is 0 Å². The molecule has 0 aliphatic heterocycles. The fourth-order valence-corrected chi connectivity index (χ4v) is 1.62. The second-order valence-corrected chi connectivity index (χ2v) is 3.45. The van der Waals surface area contributed by atoms with Gasteiger partial charge in [-0.05, 0) is 24.3 Å². The lowest BCUT2D eigenvalue weighted by atomic mass is 10.4. The Labute approximate surface area is 90.5 Å². The topological polar surface area (TPSA) is 52.4 Å². The van der Waals surface area contributed by atoms with Crippen molar-refractivity contribution < 1.29 is 4.42 Å². The number of hydrogen-bond donors (Lipinski definition) is 0. The van der Waals surface area contributed by atoms with Crippen molar-refractivity contribution in [1.29, 1.82) is 0 Å². The molecule has 0 fully saturated rings. The smallest absolute Gasteiger partial charge is 0.350 e. The average Bonchev–Trinajstić information content (AvgIpc) is 2.90. The van der Waals surface area contributed by atoms with Crippen molar-refractivity contribution >= 4 is 5.65 Å². The van der Waals surface area contributed by atoms with E-state index in [1.165, 1.54) is 9.08 Å². The minimum atomic E-state index is -0.160. The van der Waals surface area contributed by atoms with E-state index in [-0.39, 0.29) is 5.69 Å². The summed E-state index contributed by atoms with van der Waals surface area (Å²) in [6.45, 7) is 0.355. The Morgan fingerprint density at radius 1 is 1.25 bits per heavy atom. The second kappa shape index (κ2) is 3.37. The number of aromatic nitrogens is 3. The summed E-state index contributed by atoms with van der Waals surface area (Å²) in [5.74, 6) is 0.713. The van der Waals surface area contributed by atoms with Crippen LogP contribution >= 0.6 is 0 Å². The molecule has 0 amide bonds. The van der Waals surface area contributed by atoms with Crippen LogP contribution in [0.2, 0.25) is 0 Å². The first-order valence-corrected chi connectivity index (χ1v) is 4.91. The molecule has 0 aromatic carbocycles. The maximum absolute atomic E-state index is 11.9. The molecule has 16 heavy (non-hydrogen) atoms. The van der Waals surface area contributed by atoms with Crippen LogP contribution in [0, 0.1) is 0 Å². The molecule has 0 saturated carbocycles. The predicted octanol–water partition coefficient (Wildman–Crippen LogP) is 1.14. The van der Waals surface area contributed by atoms with E-state index >= 15 is 0 Å². The zero-order valence-corrected chi connectivity index (χ0v) is 8.41. The van der Waals surface area contributed by atoms with Gasteiger partial charge in [-0.15, -0.1) is 5.10 Å². The van der Waals surface area contributed by atoms with Crippen molar-refractivity contribution in [1.82, 2.24) is 14.2 Å². The van der Waals surface area contributed by atoms with E-state index in [0.717, 1.165) is 0 Å². The highest BCUT2D eigenvalue weighted by Crippen LogP contribution is 2.02. The summed E-state index contributed by atoms with van der Waals surface area (Å²) < 4.78 is 8.07. The van der Waals surface area contributed by atoms with Crippen molar-refractivity contribution in [2.24, 2.45) is 0 Å². The molecule has 0 aliphatic rings. The van der Waals surface area contributed by atoms with Crippen LogP contribution < -0.4 is 5.69 Å². The quantitative estimate of drug-likeness (QED) is 0.644. The van der Waals surface area contributed by atoms with Crippen LogP contribution in [0.1, 0.15) is 5.76 Å². The van der Waals surface area contributed by atoms with Gasteiger partial charge in [0.05, 0.1) is 6.26 Å². The fraction of sp³-hybridized carbons (Fsp3) is 0.0909. The van der Waals surface area contributed by atoms with Gasteiger partial charge in [-0.2, -0.15) is 0 Å². The Balaban J connectivity index is 2.11. The molecule has 0 spiro atoms. The highest BCUT2D eigenvalue weighted by molar-refractivity contribution is 5.35. The summed E-state index contributed by atoms with van der Waals surface area (Å²) in [5, 5.41) is 4.19. The number of pyridine rings is 1. The first-order valence-electron chi connectivity index (χ1n) is 4.91. The molecule has 3 aromatic heterocycles. The molecule has 5 nitrogen and oxygen atoms in total. The van der Waals surface area contributed by atoms with Gasteiger partial charge in [-0.25, -0.2) is 9.48 Å². The van der Waals surface area contributed by atoms with Crippen LogP contribution in [-0.2, 0) is 6.54 Å². The Morgan fingerprint density at radius 3 is 2.94 bits per heavy atom. The molecule has 0 aliphatic carbocycles. The van der Waals surface area contributed by atoms with Gasteiger partial charge in [0.2, 0.25) is 0 Å². The molecule has 5 heteroatoms. The van der Waals surface area contributed by atoms with Crippen molar-refractivity contribution in [3.05, 3.63) is 59.0 Å². The summed E-state index contributed by atoms with van der Waals surface area (Å²) in [6, 6.07) is 9.04. The molecule has 0 N–H and O–H groups in total. The molecule has 80 valence electrons. The molecule has 0 bridgehead atoms. The van der Waals surface area contributed by atoms with E-state index in [0.29, 0.717) is 18.0 Å². The molecule has 0 atom stereocenters. The minimum Gasteiger partial charge on any atom is -0.467 e. The Kier molecular flexibility index (Phi) is 1.89. The van der Waals surface area contributed by atoms with E-state index in [9.17, 15) is 4.79 Å². The predicted molar refractivity (Wildman–Crippen MR) is 57.3 cm³/mol. The fourth-order valence-electron chi connectivity index (χ4n) is 1.62. The Morgan fingerprint density at radius 2 is 2.19 bits per heavy atom. The molecule has 0 saturated heterocycles. The van der Waals surface area contributed by atoms with Gasteiger partial charge in [-0.3, -0.25) is 4.40 Å². The average molecular weight is 215 g/mol. The van der Waals surface area contributed by atoms with E-state index in [2.05, 4.69) is 5.10 Å². The van der Waals surface area contributed by atoms with Crippen molar-refractivity contribution in [3.63, 3.8) is 0 Å². The molecular formula is C11H9N3O2. The summed E-state index contributed by atoms with van der Waals surface area (Å²) in [6.07, 6.45) is 3.28. The first kappa shape index (κ1) is 8.96. The number of nitrogens with zero attached hydrogens (tertiary/aromatic N) is 3. The van der Waals surface area contributed by atoms with Crippen molar-refractivity contribution in [2.75, 3.05) is 0 Å². The van der Waals surface area contributed by atoms with Gasteiger partial charge in [0.1, 0.15) is 12.3 Å². The zero-order valence-electron chi connectivity index (χ0n) is 8.41. The third kappa shape index (κ3) is 1.33. The van der Waals surface area contributed by atoms with Gasteiger partial charge in [-0.1, -0.05) is 6.07 Å². The summed E-state index contributed by atoms with van der Waals surface area (Å²) in [7, 11) is 0. The maximum atomic E-state index is 11.9. The molecule has 0 radical (unpaired) electrons. The van der Waals surface area contributed by atoms with Crippen LogP contribution in [0.15, 0.2) is 52.0 Å².